The zero-order valence-corrected chi connectivity index (χ0v) is 15.3. The van der Waals surface area contributed by atoms with Crippen LogP contribution in [0.3, 0.4) is 0 Å². The van der Waals surface area contributed by atoms with Crippen molar-refractivity contribution in [2.24, 2.45) is 5.16 Å². The first-order valence-electron chi connectivity index (χ1n) is 8.40. The van der Waals surface area contributed by atoms with Crippen LogP contribution in [0.1, 0.15) is 23.6 Å². The van der Waals surface area contributed by atoms with Crippen molar-refractivity contribution in [3.05, 3.63) is 59.2 Å². The van der Waals surface area contributed by atoms with Crippen LogP contribution < -0.4 is 14.8 Å². The molecule has 0 aliphatic heterocycles. The van der Waals surface area contributed by atoms with E-state index < -0.39 is 0 Å². The normalized spacial score (nSPS) is 10.6. The largest absolute Gasteiger partial charge is 0.493 e. The highest BCUT2D eigenvalue weighted by molar-refractivity contribution is 5.81. The molecule has 0 atom stereocenters. The Kier molecular flexibility index (Phi) is 7.49. The number of nitrogens with zero attached hydrogens (tertiary/aromatic N) is 1. The quantitative estimate of drug-likeness (QED) is 0.554. The highest BCUT2D eigenvalue weighted by Crippen LogP contribution is 2.27. The molecule has 0 aliphatic rings. The molecule has 0 aliphatic carbocycles. The number of aryl methyl sites for hydroxylation is 1. The SMILES string of the molecule is CCOc1ccc(/C=N/OCC(=O)NCc2ccc(C)cc2)cc1OC. The summed E-state index contributed by atoms with van der Waals surface area (Å²) in [5.41, 5.74) is 3.00. The fraction of sp³-hybridized carbons (Fsp3) is 0.300. The maximum absolute atomic E-state index is 11.8. The second-order valence-corrected chi connectivity index (χ2v) is 5.61. The van der Waals surface area contributed by atoms with Gasteiger partial charge in [-0.05, 0) is 37.6 Å². The standard InChI is InChI=1S/C20H24N2O4/c1-4-25-18-10-9-17(11-19(18)24-3)13-22-26-14-20(23)21-12-16-7-5-15(2)6-8-16/h5-11,13H,4,12,14H2,1-3H3,(H,21,23)/b22-13+. The lowest BCUT2D eigenvalue weighted by atomic mass is 10.1. The molecule has 0 bridgehead atoms. The number of nitrogens with one attached hydrogen (secondary N) is 1. The Labute approximate surface area is 153 Å². The first kappa shape index (κ1) is 19.3. The Balaban J connectivity index is 1.77. The summed E-state index contributed by atoms with van der Waals surface area (Å²) in [4.78, 5) is 16.8. The number of carbonyl (C=O) groups is 1. The number of hydrogen-bond donors (Lipinski definition) is 1. The van der Waals surface area contributed by atoms with Gasteiger partial charge >= 0.3 is 0 Å². The van der Waals surface area contributed by atoms with Crippen LogP contribution in [0.2, 0.25) is 0 Å². The van der Waals surface area contributed by atoms with E-state index in [4.69, 9.17) is 14.3 Å². The van der Waals surface area contributed by atoms with Gasteiger partial charge in [0.2, 0.25) is 0 Å². The van der Waals surface area contributed by atoms with Crippen molar-refractivity contribution in [2.75, 3.05) is 20.3 Å². The van der Waals surface area contributed by atoms with Gasteiger partial charge in [-0.25, -0.2) is 0 Å². The molecule has 0 unspecified atom stereocenters. The number of methoxy groups -OCH3 is 1. The average Bonchev–Trinajstić information content (AvgIpc) is 2.66. The van der Waals surface area contributed by atoms with Gasteiger partial charge in [-0.1, -0.05) is 35.0 Å². The van der Waals surface area contributed by atoms with Crippen molar-refractivity contribution in [3.63, 3.8) is 0 Å². The number of hydrogen-bond acceptors (Lipinski definition) is 5. The minimum absolute atomic E-state index is 0.142. The van der Waals surface area contributed by atoms with E-state index in [-0.39, 0.29) is 12.5 Å². The van der Waals surface area contributed by atoms with Crippen LogP contribution in [-0.2, 0) is 16.2 Å². The zero-order valence-electron chi connectivity index (χ0n) is 15.3. The third-order valence-electron chi connectivity index (χ3n) is 3.57. The minimum atomic E-state index is -0.230. The van der Waals surface area contributed by atoms with Crippen molar-refractivity contribution >= 4 is 12.1 Å². The maximum atomic E-state index is 11.8. The van der Waals surface area contributed by atoms with E-state index in [0.29, 0.717) is 24.7 Å². The van der Waals surface area contributed by atoms with E-state index in [1.807, 2.05) is 44.2 Å². The fourth-order valence-electron chi connectivity index (χ4n) is 2.19. The molecule has 0 aromatic heterocycles. The number of oxime groups is 1. The Morgan fingerprint density at radius 1 is 1.15 bits per heavy atom. The van der Waals surface area contributed by atoms with Gasteiger partial charge in [0.1, 0.15) is 0 Å². The summed E-state index contributed by atoms with van der Waals surface area (Å²) in [7, 11) is 1.58. The van der Waals surface area contributed by atoms with Gasteiger partial charge in [0.15, 0.2) is 18.1 Å². The smallest absolute Gasteiger partial charge is 0.261 e. The highest BCUT2D eigenvalue weighted by Gasteiger charge is 2.04. The average molecular weight is 356 g/mol. The lowest BCUT2D eigenvalue weighted by Crippen LogP contribution is -2.26. The minimum Gasteiger partial charge on any atom is -0.493 e. The molecule has 2 aromatic rings. The summed E-state index contributed by atoms with van der Waals surface area (Å²) in [5.74, 6) is 1.06. The van der Waals surface area contributed by atoms with E-state index in [0.717, 1.165) is 11.1 Å². The topological polar surface area (TPSA) is 69.2 Å². The maximum Gasteiger partial charge on any atom is 0.261 e. The van der Waals surface area contributed by atoms with Gasteiger partial charge in [0.25, 0.3) is 5.91 Å². The third-order valence-corrected chi connectivity index (χ3v) is 3.57. The molecule has 6 nitrogen and oxygen atoms in total. The molecule has 26 heavy (non-hydrogen) atoms. The molecule has 138 valence electrons. The molecule has 0 spiro atoms. The molecule has 1 N–H and O–H groups in total. The van der Waals surface area contributed by atoms with Crippen LogP contribution in [0, 0.1) is 6.92 Å². The number of benzene rings is 2. The number of amides is 1. The summed E-state index contributed by atoms with van der Waals surface area (Å²) in [6.45, 7) is 4.81. The molecule has 0 fully saturated rings. The number of rotatable bonds is 9. The van der Waals surface area contributed by atoms with Gasteiger partial charge < -0.3 is 19.6 Å². The van der Waals surface area contributed by atoms with Crippen LogP contribution in [0.5, 0.6) is 11.5 Å². The van der Waals surface area contributed by atoms with Gasteiger partial charge in [0, 0.05) is 12.1 Å². The fourth-order valence-corrected chi connectivity index (χ4v) is 2.19. The Morgan fingerprint density at radius 3 is 2.62 bits per heavy atom. The van der Waals surface area contributed by atoms with Crippen molar-refractivity contribution in [3.8, 4) is 11.5 Å². The number of carbonyl (C=O) groups excluding carboxylic acids is 1. The lowest BCUT2D eigenvalue weighted by molar-refractivity contribution is -0.125. The molecular formula is C20H24N2O4. The van der Waals surface area contributed by atoms with E-state index in [1.54, 1.807) is 19.2 Å². The molecule has 0 radical (unpaired) electrons. The van der Waals surface area contributed by atoms with Crippen molar-refractivity contribution in [1.29, 1.82) is 0 Å². The summed E-state index contributed by atoms with van der Waals surface area (Å²) in [6, 6.07) is 13.4. The number of ether oxygens (including phenoxy) is 2. The Morgan fingerprint density at radius 2 is 1.92 bits per heavy atom. The summed E-state index contributed by atoms with van der Waals surface area (Å²) < 4.78 is 10.7. The molecule has 0 saturated heterocycles. The highest BCUT2D eigenvalue weighted by atomic mass is 16.6. The molecule has 6 heteroatoms. The third kappa shape index (κ3) is 6.12. The van der Waals surface area contributed by atoms with E-state index in [2.05, 4.69) is 10.5 Å². The van der Waals surface area contributed by atoms with Crippen molar-refractivity contribution in [2.45, 2.75) is 20.4 Å². The molecule has 2 rings (SSSR count). The summed E-state index contributed by atoms with van der Waals surface area (Å²) >= 11 is 0. The predicted molar refractivity (Wildman–Crippen MR) is 101 cm³/mol. The van der Waals surface area contributed by atoms with Gasteiger partial charge in [-0.3, -0.25) is 4.79 Å². The summed E-state index contributed by atoms with van der Waals surface area (Å²) in [6.07, 6.45) is 1.52. The second-order valence-electron chi connectivity index (χ2n) is 5.61. The molecule has 1 amide bonds. The second kappa shape index (κ2) is 10.1. The van der Waals surface area contributed by atoms with Crippen molar-refractivity contribution in [1.82, 2.24) is 5.32 Å². The van der Waals surface area contributed by atoms with E-state index in [9.17, 15) is 4.79 Å². The van der Waals surface area contributed by atoms with Gasteiger partial charge in [-0.2, -0.15) is 0 Å². The van der Waals surface area contributed by atoms with E-state index >= 15 is 0 Å². The van der Waals surface area contributed by atoms with E-state index in [1.165, 1.54) is 11.8 Å². The van der Waals surface area contributed by atoms with Crippen LogP contribution in [0.25, 0.3) is 0 Å². The predicted octanol–water partition coefficient (Wildman–Crippen LogP) is 3.07. The Hall–Kier alpha value is -3.02. The Bertz CT molecular complexity index is 742. The monoisotopic (exact) mass is 356 g/mol. The molecule has 0 heterocycles. The van der Waals surface area contributed by atoms with Gasteiger partial charge in [0.05, 0.1) is 19.9 Å². The van der Waals surface area contributed by atoms with Crippen LogP contribution in [-0.4, -0.2) is 32.4 Å². The first-order chi connectivity index (χ1) is 12.6. The van der Waals surface area contributed by atoms with Crippen LogP contribution >= 0.6 is 0 Å². The van der Waals surface area contributed by atoms with Gasteiger partial charge in [-0.15, -0.1) is 0 Å². The summed E-state index contributed by atoms with van der Waals surface area (Å²) in [5, 5.41) is 6.60. The lowest BCUT2D eigenvalue weighted by Gasteiger charge is -2.09. The van der Waals surface area contributed by atoms with Crippen LogP contribution in [0.15, 0.2) is 47.6 Å². The first-order valence-corrected chi connectivity index (χ1v) is 8.40. The zero-order chi connectivity index (χ0) is 18.8. The van der Waals surface area contributed by atoms with Crippen molar-refractivity contribution < 1.29 is 19.1 Å². The molecule has 0 saturated carbocycles. The molecular weight excluding hydrogens is 332 g/mol. The van der Waals surface area contributed by atoms with Crippen LogP contribution in [0.4, 0.5) is 0 Å². The molecule has 2 aromatic carbocycles.